The van der Waals surface area contributed by atoms with Crippen LogP contribution in [0.2, 0.25) is 10.0 Å². The Hall–Kier alpha value is -1.96. The Morgan fingerprint density at radius 1 is 0.967 bits per heavy atom. The number of nitrogens with zero attached hydrogens (tertiary/aromatic N) is 4. The highest BCUT2D eigenvalue weighted by atomic mass is 35.5. The lowest BCUT2D eigenvalue weighted by atomic mass is 10.1. The Morgan fingerprint density at radius 3 is 2.23 bits per heavy atom. The first-order valence-electron chi connectivity index (χ1n) is 9.64. The fourth-order valence-corrected chi connectivity index (χ4v) is 4.70. The molecule has 0 aliphatic carbocycles. The topological polar surface area (TPSA) is 60.4 Å². The van der Waals surface area contributed by atoms with E-state index >= 15 is 0 Å². The van der Waals surface area contributed by atoms with Crippen LogP contribution >= 0.6 is 35.0 Å². The van der Waals surface area contributed by atoms with Gasteiger partial charge in [0.2, 0.25) is 0 Å². The number of halogens is 2. The van der Waals surface area contributed by atoms with Crippen LogP contribution in [0.25, 0.3) is 22.2 Å². The predicted molar refractivity (Wildman–Crippen MR) is 124 cm³/mol. The number of benzene rings is 1. The van der Waals surface area contributed by atoms with Crippen molar-refractivity contribution < 1.29 is 9.47 Å². The van der Waals surface area contributed by atoms with E-state index in [-0.39, 0.29) is 0 Å². The first kappa shape index (κ1) is 21.3. The third-order valence-electron chi connectivity index (χ3n) is 5.19. The Bertz CT molecular complexity index is 1060. The zero-order chi connectivity index (χ0) is 21.3. The van der Waals surface area contributed by atoms with Gasteiger partial charge in [-0.05, 0) is 31.6 Å². The van der Waals surface area contributed by atoms with Gasteiger partial charge >= 0.3 is 0 Å². The van der Waals surface area contributed by atoms with Crippen molar-refractivity contribution in [2.24, 2.45) is 0 Å². The Balaban J connectivity index is 1.99. The quantitative estimate of drug-likeness (QED) is 0.352. The van der Waals surface area contributed by atoms with Crippen LogP contribution in [-0.4, -0.2) is 48.5 Å². The summed E-state index contributed by atoms with van der Waals surface area (Å²) in [5, 5.41) is 2.38. The second kappa shape index (κ2) is 9.04. The van der Waals surface area contributed by atoms with Gasteiger partial charge < -0.3 is 14.4 Å². The molecule has 0 radical (unpaired) electrons. The largest absolute Gasteiger partial charge is 0.495 e. The molecule has 1 aliphatic heterocycles. The lowest BCUT2D eigenvalue weighted by molar-refractivity contribution is 0.395. The minimum absolute atomic E-state index is 0.390. The van der Waals surface area contributed by atoms with Crippen molar-refractivity contribution in [1.29, 1.82) is 0 Å². The summed E-state index contributed by atoms with van der Waals surface area (Å²) in [4.78, 5) is 16.5. The van der Waals surface area contributed by atoms with E-state index in [0.717, 1.165) is 47.8 Å². The molecule has 1 saturated heterocycles. The van der Waals surface area contributed by atoms with Crippen molar-refractivity contribution in [3.05, 3.63) is 28.4 Å². The maximum absolute atomic E-state index is 6.66. The van der Waals surface area contributed by atoms with Crippen molar-refractivity contribution in [3.8, 4) is 22.8 Å². The fourth-order valence-electron chi connectivity index (χ4n) is 3.67. The monoisotopic (exact) mass is 464 g/mol. The van der Waals surface area contributed by atoms with E-state index < -0.39 is 0 Å². The smallest absolute Gasteiger partial charge is 0.187 e. The van der Waals surface area contributed by atoms with E-state index in [1.54, 1.807) is 20.3 Å². The maximum atomic E-state index is 6.66. The average molecular weight is 465 g/mol. The molecule has 9 heteroatoms. The molecule has 3 aromatic rings. The number of fused-ring (bicyclic) bond motifs is 1. The molecule has 1 fully saturated rings. The number of thioether (sulfide) groups is 1. The second-order valence-electron chi connectivity index (χ2n) is 6.96. The molecule has 0 saturated carbocycles. The molecule has 0 amide bonds. The zero-order valence-corrected chi connectivity index (χ0v) is 19.4. The van der Waals surface area contributed by atoms with Crippen molar-refractivity contribution in [2.45, 2.75) is 24.4 Å². The lowest BCUT2D eigenvalue weighted by Gasteiger charge is -2.29. The third-order valence-corrected chi connectivity index (χ3v) is 6.51. The summed E-state index contributed by atoms with van der Waals surface area (Å²) in [5.41, 5.74) is 2.04. The molecule has 3 heterocycles. The number of anilines is 1. The molecule has 1 aliphatic rings. The Kier molecular flexibility index (Phi) is 6.41. The highest BCUT2D eigenvalue weighted by molar-refractivity contribution is 7.98. The van der Waals surface area contributed by atoms with E-state index in [4.69, 9.17) is 42.6 Å². The lowest BCUT2D eigenvalue weighted by Crippen LogP contribution is -2.30. The number of hydrogen-bond donors (Lipinski definition) is 0. The van der Waals surface area contributed by atoms with Gasteiger partial charge in [-0.15, -0.1) is 0 Å². The van der Waals surface area contributed by atoms with E-state index in [9.17, 15) is 0 Å². The maximum Gasteiger partial charge on any atom is 0.187 e. The van der Waals surface area contributed by atoms with Crippen LogP contribution in [0.4, 0.5) is 5.82 Å². The van der Waals surface area contributed by atoms with Crippen LogP contribution in [0.5, 0.6) is 11.5 Å². The number of rotatable bonds is 5. The Morgan fingerprint density at radius 2 is 1.63 bits per heavy atom. The fraction of sp³-hybridized carbons (Fsp3) is 0.381. The normalized spacial score (nSPS) is 14.2. The SMILES string of the molecule is COc1cc(OC)c(Cl)c(-c2cc3cnc(SC)nc3c(N3CCCCC3)n2)c1Cl. The summed E-state index contributed by atoms with van der Waals surface area (Å²) in [7, 11) is 3.12. The summed E-state index contributed by atoms with van der Waals surface area (Å²) in [6.45, 7) is 1.88. The molecule has 0 atom stereocenters. The number of methoxy groups -OCH3 is 2. The average Bonchev–Trinajstić information content (AvgIpc) is 2.79. The van der Waals surface area contributed by atoms with E-state index in [2.05, 4.69) is 9.88 Å². The van der Waals surface area contributed by atoms with Crippen LogP contribution in [0.3, 0.4) is 0 Å². The minimum Gasteiger partial charge on any atom is -0.495 e. The van der Waals surface area contributed by atoms with Gasteiger partial charge in [0, 0.05) is 36.3 Å². The molecule has 0 spiro atoms. The molecule has 30 heavy (non-hydrogen) atoms. The van der Waals surface area contributed by atoms with Gasteiger partial charge in [0.05, 0.1) is 30.0 Å². The van der Waals surface area contributed by atoms with Gasteiger partial charge in [-0.25, -0.2) is 15.0 Å². The highest BCUT2D eigenvalue weighted by Gasteiger charge is 2.23. The summed E-state index contributed by atoms with van der Waals surface area (Å²) < 4.78 is 10.9. The van der Waals surface area contributed by atoms with Gasteiger partial charge in [0.15, 0.2) is 11.0 Å². The first-order chi connectivity index (χ1) is 14.6. The van der Waals surface area contributed by atoms with Crippen LogP contribution < -0.4 is 14.4 Å². The van der Waals surface area contributed by atoms with Gasteiger partial charge in [-0.3, -0.25) is 0 Å². The van der Waals surface area contributed by atoms with Gasteiger partial charge in [0.1, 0.15) is 17.0 Å². The van der Waals surface area contributed by atoms with Crippen LogP contribution in [-0.2, 0) is 0 Å². The number of aromatic nitrogens is 3. The zero-order valence-electron chi connectivity index (χ0n) is 17.0. The predicted octanol–water partition coefficient (Wildman–Crippen LogP) is 5.73. The van der Waals surface area contributed by atoms with Gasteiger partial charge in [0.25, 0.3) is 0 Å². The molecule has 0 bridgehead atoms. The number of piperidine rings is 1. The van der Waals surface area contributed by atoms with E-state index in [1.165, 1.54) is 18.2 Å². The van der Waals surface area contributed by atoms with E-state index in [1.807, 2.05) is 18.5 Å². The molecule has 0 unspecified atom stereocenters. The minimum atomic E-state index is 0.390. The second-order valence-corrected chi connectivity index (χ2v) is 8.49. The summed E-state index contributed by atoms with van der Waals surface area (Å²) >= 11 is 14.8. The molecule has 0 N–H and O–H groups in total. The Labute approximate surface area is 189 Å². The number of hydrogen-bond acceptors (Lipinski definition) is 7. The number of ether oxygens (including phenoxy) is 2. The van der Waals surface area contributed by atoms with Crippen molar-refractivity contribution >= 4 is 51.7 Å². The molecule has 2 aromatic heterocycles. The van der Waals surface area contributed by atoms with Crippen molar-refractivity contribution in [3.63, 3.8) is 0 Å². The third kappa shape index (κ3) is 3.86. The van der Waals surface area contributed by atoms with Crippen LogP contribution in [0, 0.1) is 0 Å². The summed E-state index contributed by atoms with van der Waals surface area (Å²) in [6, 6.07) is 3.59. The van der Waals surface area contributed by atoms with Crippen molar-refractivity contribution in [2.75, 3.05) is 38.5 Å². The standard InChI is InChI=1S/C21H22Cl2N4O2S/c1-28-14-10-15(29-2)18(23)16(17(14)22)13-9-12-11-24-21(30-3)26-19(12)20(25-13)27-7-5-4-6-8-27/h9-11H,4-8H2,1-3H3. The van der Waals surface area contributed by atoms with Gasteiger partial charge in [-0.1, -0.05) is 35.0 Å². The highest BCUT2D eigenvalue weighted by Crippen LogP contribution is 2.46. The summed E-state index contributed by atoms with van der Waals surface area (Å²) in [6.07, 6.45) is 7.27. The molecule has 1 aromatic carbocycles. The van der Waals surface area contributed by atoms with Crippen LogP contribution in [0.15, 0.2) is 23.5 Å². The van der Waals surface area contributed by atoms with Gasteiger partial charge in [-0.2, -0.15) is 0 Å². The molecular weight excluding hydrogens is 443 g/mol. The van der Waals surface area contributed by atoms with E-state index in [0.29, 0.717) is 32.8 Å². The first-order valence-corrected chi connectivity index (χ1v) is 11.6. The molecule has 6 nitrogen and oxygen atoms in total. The molecule has 4 rings (SSSR count). The van der Waals surface area contributed by atoms with Crippen LogP contribution in [0.1, 0.15) is 19.3 Å². The van der Waals surface area contributed by atoms with Crippen molar-refractivity contribution in [1.82, 2.24) is 15.0 Å². The summed E-state index contributed by atoms with van der Waals surface area (Å²) in [5.74, 6) is 1.78. The number of pyridine rings is 1. The molecular formula is C21H22Cl2N4O2S. The molecule has 158 valence electrons.